The molecule has 5 heteroatoms. The second-order valence-electron chi connectivity index (χ2n) is 7.66. The predicted octanol–water partition coefficient (Wildman–Crippen LogP) is 3.05. The first-order chi connectivity index (χ1) is 11.6. The Hall–Kier alpha value is -1.36. The van der Waals surface area contributed by atoms with Crippen molar-refractivity contribution in [2.24, 2.45) is 0 Å². The summed E-state index contributed by atoms with van der Waals surface area (Å²) in [7, 11) is 0. The number of amides is 1. The number of piperidine rings is 1. The maximum absolute atomic E-state index is 12.7. The van der Waals surface area contributed by atoms with E-state index >= 15 is 0 Å². The Balaban J connectivity index is 1.59. The van der Waals surface area contributed by atoms with Crippen LogP contribution in [0.25, 0.3) is 0 Å². The first-order valence-electron chi connectivity index (χ1n) is 9.68. The van der Waals surface area contributed by atoms with Crippen molar-refractivity contribution in [1.29, 1.82) is 0 Å². The quantitative estimate of drug-likeness (QED) is 0.851. The number of likely N-dealkylation sites (tertiary alicyclic amines) is 2. The van der Waals surface area contributed by atoms with Gasteiger partial charge in [-0.05, 0) is 46.1 Å². The van der Waals surface area contributed by atoms with Crippen LogP contribution in [0.1, 0.15) is 70.2 Å². The van der Waals surface area contributed by atoms with Gasteiger partial charge in [-0.2, -0.15) is 0 Å². The number of hydrogen-bond donors (Lipinski definition) is 0. The van der Waals surface area contributed by atoms with Gasteiger partial charge in [0.15, 0.2) is 0 Å². The van der Waals surface area contributed by atoms with Crippen molar-refractivity contribution < 1.29 is 4.79 Å². The van der Waals surface area contributed by atoms with Crippen LogP contribution in [0.2, 0.25) is 0 Å². The molecule has 1 aromatic heterocycles. The van der Waals surface area contributed by atoms with Crippen molar-refractivity contribution >= 4 is 5.91 Å². The third-order valence-corrected chi connectivity index (χ3v) is 5.44. The van der Waals surface area contributed by atoms with Gasteiger partial charge in [0, 0.05) is 44.0 Å². The van der Waals surface area contributed by atoms with Crippen LogP contribution in [0.15, 0.2) is 12.4 Å². The molecule has 134 valence electrons. The molecule has 0 N–H and O–H groups in total. The third kappa shape index (κ3) is 4.18. The smallest absolute Gasteiger partial charge is 0.236 e. The van der Waals surface area contributed by atoms with Crippen LogP contribution < -0.4 is 0 Å². The van der Waals surface area contributed by atoms with Crippen LogP contribution in [0, 0.1) is 0 Å². The van der Waals surface area contributed by atoms with Gasteiger partial charge in [-0.15, -0.1) is 0 Å². The number of rotatable bonds is 4. The lowest BCUT2D eigenvalue weighted by atomic mass is 9.97. The molecule has 0 aliphatic carbocycles. The molecule has 3 heterocycles. The van der Waals surface area contributed by atoms with Gasteiger partial charge in [-0.25, -0.2) is 4.98 Å². The third-order valence-electron chi connectivity index (χ3n) is 5.44. The Morgan fingerprint density at radius 2 is 1.92 bits per heavy atom. The van der Waals surface area contributed by atoms with E-state index in [0.29, 0.717) is 24.4 Å². The Morgan fingerprint density at radius 1 is 1.17 bits per heavy atom. The highest BCUT2D eigenvalue weighted by molar-refractivity contribution is 5.78. The zero-order valence-corrected chi connectivity index (χ0v) is 15.3. The highest BCUT2D eigenvalue weighted by Crippen LogP contribution is 2.27. The molecule has 24 heavy (non-hydrogen) atoms. The first-order valence-corrected chi connectivity index (χ1v) is 9.68. The molecule has 0 bridgehead atoms. The van der Waals surface area contributed by atoms with E-state index in [-0.39, 0.29) is 0 Å². The number of hydrogen-bond acceptors (Lipinski definition) is 3. The summed E-state index contributed by atoms with van der Waals surface area (Å²) in [5.74, 6) is 1.97. The Bertz CT molecular complexity index is 531. The second-order valence-corrected chi connectivity index (χ2v) is 7.66. The topological polar surface area (TPSA) is 41.4 Å². The molecule has 0 radical (unpaired) electrons. The summed E-state index contributed by atoms with van der Waals surface area (Å²) in [5.41, 5.74) is 0. The molecule has 1 amide bonds. The van der Waals surface area contributed by atoms with Crippen molar-refractivity contribution in [1.82, 2.24) is 19.4 Å². The summed E-state index contributed by atoms with van der Waals surface area (Å²) in [6.45, 7) is 8.89. The number of imidazole rings is 1. The normalized spacial score (nSPS) is 23.5. The van der Waals surface area contributed by atoms with Crippen LogP contribution >= 0.6 is 0 Å². The minimum Gasteiger partial charge on any atom is -0.342 e. The van der Waals surface area contributed by atoms with Crippen molar-refractivity contribution in [2.45, 2.75) is 64.3 Å². The lowest BCUT2D eigenvalue weighted by Crippen LogP contribution is -2.44. The largest absolute Gasteiger partial charge is 0.342 e. The molecule has 2 fully saturated rings. The van der Waals surface area contributed by atoms with Crippen molar-refractivity contribution in [3.8, 4) is 0 Å². The van der Waals surface area contributed by atoms with Gasteiger partial charge in [0.2, 0.25) is 5.91 Å². The molecule has 3 rings (SSSR count). The van der Waals surface area contributed by atoms with Crippen LogP contribution in [-0.4, -0.2) is 58.0 Å². The molecule has 0 saturated carbocycles. The van der Waals surface area contributed by atoms with E-state index < -0.39 is 0 Å². The van der Waals surface area contributed by atoms with Gasteiger partial charge in [0.1, 0.15) is 5.82 Å². The van der Waals surface area contributed by atoms with Crippen molar-refractivity contribution in [3.63, 3.8) is 0 Å². The summed E-state index contributed by atoms with van der Waals surface area (Å²) in [4.78, 5) is 21.7. The van der Waals surface area contributed by atoms with E-state index in [0.717, 1.165) is 32.6 Å². The van der Waals surface area contributed by atoms with Crippen LogP contribution in [0.3, 0.4) is 0 Å². The minimum atomic E-state index is 0.324. The van der Waals surface area contributed by atoms with Gasteiger partial charge in [-0.1, -0.05) is 12.8 Å². The van der Waals surface area contributed by atoms with Gasteiger partial charge in [-0.3, -0.25) is 9.69 Å². The van der Waals surface area contributed by atoms with E-state index in [9.17, 15) is 4.79 Å². The molecule has 1 atom stereocenters. The number of nitrogens with zero attached hydrogens (tertiary/aromatic N) is 4. The van der Waals surface area contributed by atoms with Gasteiger partial charge in [0.25, 0.3) is 0 Å². The standard InChI is InChI=1S/C19H32N4O/c1-16(2)23-13-9-20-19(23)17-8-7-10-21(14-17)15-18(24)22-11-5-3-4-6-12-22/h9,13,16-17H,3-8,10-12,14-15H2,1-2H3/t17-/m1/s1. The van der Waals surface area contributed by atoms with Crippen LogP contribution in [0.4, 0.5) is 0 Å². The number of carbonyl (C=O) groups is 1. The Morgan fingerprint density at radius 3 is 2.62 bits per heavy atom. The van der Waals surface area contributed by atoms with E-state index in [1.54, 1.807) is 0 Å². The predicted molar refractivity (Wildman–Crippen MR) is 96.1 cm³/mol. The number of aromatic nitrogens is 2. The van der Waals surface area contributed by atoms with Crippen molar-refractivity contribution in [3.05, 3.63) is 18.2 Å². The molecule has 5 nitrogen and oxygen atoms in total. The summed E-state index contributed by atoms with van der Waals surface area (Å²) in [5, 5.41) is 0. The maximum atomic E-state index is 12.7. The fourth-order valence-corrected chi connectivity index (χ4v) is 4.10. The average molecular weight is 332 g/mol. The lowest BCUT2D eigenvalue weighted by molar-refractivity contribution is -0.132. The Labute approximate surface area is 146 Å². The summed E-state index contributed by atoms with van der Waals surface area (Å²) in [6.07, 6.45) is 11.2. The lowest BCUT2D eigenvalue weighted by Gasteiger charge is -2.34. The zero-order valence-electron chi connectivity index (χ0n) is 15.3. The van der Waals surface area contributed by atoms with Crippen LogP contribution in [0.5, 0.6) is 0 Å². The van der Waals surface area contributed by atoms with Gasteiger partial charge < -0.3 is 9.47 Å². The molecule has 2 aliphatic heterocycles. The van der Waals surface area contributed by atoms with Gasteiger partial charge in [0.05, 0.1) is 6.54 Å². The minimum absolute atomic E-state index is 0.324. The second kappa shape index (κ2) is 8.15. The summed E-state index contributed by atoms with van der Waals surface area (Å²) in [6, 6.07) is 0.441. The fraction of sp³-hybridized carbons (Fsp3) is 0.789. The number of carbonyl (C=O) groups excluding carboxylic acids is 1. The fourth-order valence-electron chi connectivity index (χ4n) is 4.10. The highest BCUT2D eigenvalue weighted by atomic mass is 16.2. The molecule has 1 aromatic rings. The molecule has 2 aliphatic rings. The molecular formula is C19H32N4O. The van der Waals surface area contributed by atoms with E-state index in [2.05, 4.69) is 39.4 Å². The molecular weight excluding hydrogens is 300 g/mol. The maximum Gasteiger partial charge on any atom is 0.236 e. The van der Waals surface area contributed by atoms with Crippen molar-refractivity contribution in [2.75, 3.05) is 32.7 Å². The summed E-state index contributed by atoms with van der Waals surface area (Å²) >= 11 is 0. The Kier molecular flexibility index (Phi) is 5.93. The average Bonchev–Trinajstić information content (AvgIpc) is 2.91. The van der Waals surface area contributed by atoms with Gasteiger partial charge >= 0.3 is 0 Å². The zero-order chi connectivity index (χ0) is 16.9. The SMILES string of the molecule is CC(C)n1ccnc1[C@@H]1CCCN(CC(=O)N2CCCCCC2)C1. The molecule has 0 spiro atoms. The highest BCUT2D eigenvalue weighted by Gasteiger charge is 2.27. The monoisotopic (exact) mass is 332 g/mol. The first kappa shape index (κ1) is 17.5. The molecule has 2 saturated heterocycles. The molecule has 0 aromatic carbocycles. The van der Waals surface area contributed by atoms with E-state index in [1.165, 1.54) is 37.9 Å². The van der Waals surface area contributed by atoms with Crippen LogP contribution in [-0.2, 0) is 4.79 Å². The summed E-state index contributed by atoms with van der Waals surface area (Å²) < 4.78 is 2.28. The molecule has 0 unspecified atom stereocenters. The van der Waals surface area contributed by atoms with E-state index in [1.807, 2.05) is 6.20 Å². The van der Waals surface area contributed by atoms with E-state index in [4.69, 9.17) is 0 Å².